The topological polar surface area (TPSA) is 52.6 Å². The van der Waals surface area contributed by atoms with Crippen LogP contribution in [-0.4, -0.2) is 29.2 Å². The number of hydrogen-bond acceptors (Lipinski definition) is 2. The Bertz CT molecular complexity index is 636. The van der Waals surface area contributed by atoms with Crippen LogP contribution in [-0.2, 0) is 6.54 Å². The predicted molar refractivity (Wildman–Crippen MR) is 84.4 cm³/mol. The Morgan fingerprint density at radius 3 is 2.52 bits per heavy atom. The number of carbonyl (C=O) groups excluding carboxylic acids is 1. The molecule has 0 atom stereocenters. The molecule has 2 aromatic rings. The molecule has 122 valence electrons. The monoisotopic (exact) mass is 320 g/mol. The zero-order chi connectivity index (χ0) is 16.7. The minimum atomic E-state index is -2.59. The van der Waals surface area contributed by atoms with Crippen LogP contribution in [0.15, 0.2) is 54.6 Å². The summed E-state index contributed by atoms with van der Waals surface area (Å²) in [5.74, 6) is 0. The van der Waals surface area contributed by atoms with Crippen molar-refractivity contribution in [3.05, 3.63) is 65.7 Å². The molecule has 0 saturated carbocycles. The van der Waals surface area contributed by atoms with Crippen LogP contribution < -0.4 is 5.32 Å². The van der Waals surface area contributed by atoms with Gasteiger partial charge in [-0.1, -0.05) is 42.5 Å². The van der Waals surface area contributed by atoms with Gasteiger partial charge in [-0.05, 0) is 17.7 Å². The summed E-state index contributed by atoms with van der Waals surface area (Å²) in [5.41, 5.74) is 1.06. The van der Waals surface area contributed by atoms with Crippen LogP contribution in [0.2, 0.25) is 0 Å². The molecule has 2 rings (SSSR count). The Kier molecular flexibility index (Phi) is 6.05. The van der Waals surface area contributed by atoms with Gasteiger partial charge in [0.25, 0.3) is 6.43 Å². The number of hydrogen-bond donors (Lipinski definition) is 2. The first kappa shape index (κ1) is 16.9. The number of aliphatic hydroxyl groups excluding tert-OH is 1. The molecule has 0 bridgehead atoms. The number of aliphatic hydroxyl groups is 1. The fourth-order valence-electron chi connectivity index (χ4n) is 2.13. The molecule has 0 fully saturated rings. The molecule has 2 amide bonds. The van der Waals surface area contributed by atoms with Crippen molar-refractivity contribution >= 4 is 11.7 Å². The van der Waals surface area contributed by atoms with E-state index in [2.05, 4.69) is 5.32 Å². The van der Waals surface area contributed by atoms with Crippen molar-refractivity contribution in [3.8, 4) is 0 Å². The third-order valence-electron chi connectivity index (χ3n) is 3.26. The van der Waals surface area contributed by atoms with E-state index in [9.17, 15) is 13.6 Å². The highest BCUT2D eigenvalue weighted by Gasteiger charge is 2.15. The van der Waals surface area contributed by atoms with E-state index >= 15 is 0 Å². The average Bonchev–Trinajstić information content (AvgIpc) is 2.55. The van der Waals surface area contributed by atoms with Gasteiger partial charge >= 0.3 is 6.03 Å². The normalized spacial score (nSPS) is 10.6. The van der Waals surface area contributed by atoms with Gasteiger partial charge in [-0.3, -0.25) is 0 Å². The molecule has 0 saturated heterocycles. The summed E-state index contributed by atoms with van der Waals surface area (Å²) in [4.78, 5) is 13.7. The maximum atomic E-state index is 12.7. The molecule has 0 aliphatic carbocycles. The van der Waals surface area contributed by atoms with E-state index in [0.29, 0.717) is 12.2 Å². The van der Waals surface area contributed by atoms with Crippen LogP contribution in [0.3, 0.4) is 0 Å². The Balaban J connectivity index is 2.07. The number of benzene rings is 2. The van der Waals surface area contributed by atoms with Crippen LogP contribution in [0.4, 0.5) is 19.3 Å². The van der Waals surface area contributed by atoms with Crippen molar-refractivity contribution in [1.82, 2.24) is 4.90 Å². The predicted octanol–water partition coefficient (Wildman–Crippen LogP) is 3.65. The van der Waals surface area contributed by atoms with Crippen LogP contribution in [0.5, 0.6) is 0 Å². The van der Waals surface area contributed by atoms with Crippen molar-refractivity contribution in [2.45, 2.75) is 13.0 Å². The molecule has 0 aliphatic rings. The lowest BCUT2D eigenvalue weighted by atomic mass is 10.2. The minimum absolute atomic E-state index is 0.148. The molecule has 0 unspecified atom stereocenters. The molecule has 0 spiro atoms. The van der Waals surface area contributed by atoms with Crippen LogP contribution >= 0.6 is 0 Å². The van der Waals surface area contributed by atoms with Gasteiger partial charge in [-0.15, -0.1) is 0 Å². The number of nitrogens with one attached hydrogen (secondary N) is 1. The fraction of sp³-hybridized carbons (Fsp3) is 0.235. The van der Waals surface area contributed by atoms with Crippen molar-refractivity contribution in [1.29, 1.82) is 0 Å². The van der Waals surface area contributed by atoms with Gasteiger partial charge in [0.15, 0.2) is 0 Å². The summed E-state index contributed by atoms with van der Waals surface area (Å²) in [7, 11) is 0. The van der Waals surface area contributed by atoms with Crippen molar-refractivity contribution in [2.24, 2.45) is 0 Å². The van der Waals surface area contributed by atoms with Gasteiger partial charge < -0.3 is 15.3 Å². The minimum Gasteiger partial charge on any atom is -0.395 e. The molecular weight excluding hydrogens is 302 g/mol. The van der Waals surface area contributed by atoms with Crippen LogP contribution in [0.25, 0.3) is 0 Å². The van der Waals surface area contributed by atoms with Crippen molar-refractivity contribution < 1.29 is 18.7 Å². The lowest BCUT2D eigenvalue weighted by Crippen LogP contribution is -2.36. The molecule has 0 heterocycles. The van der Waals surface area contributed by atoms with Crippen molar-refractivity contribution in [2.75, 3.05) is 18.5 Å². The summed E-state index contributed by atoms with van der Waals surface area (Å²) >= 11 is 0. The van der Waals surface area contributed by atoms with Crippen LogP contribution in [0.1, 0.15) is 17.6 Å². The number of carbonyl (C=O) groups is 1. The first-order valence-corrected chi connectivity index (χ1v) is 7.19. The number of alkyl halides is 2. The Labute approximate surface area is 133 Å². The Morgan fingerprint density at radius 1 is 1.13 bits per heavy atom. The highest BCUT2D eigenvalue weighted by molar-refractivity contribution is 5.89. The van der Waals surface area contributed by atoms with Crippen LogP contribution in [0, 0.1) is 0 Å². The molecule has 0 aliphatic heterocycles. The second-order valence-corrected chi connectivity index (χ2v) is 4.99. The molecule has 23 heavy (non-hydrogen) atoms. The number of halogens is 2. The third-order valence-corrected chi connectivity index (χ3v) is 3.26. The first-order valence-electron chi connectivity index (χ1n) is 7.19. The second kappa shape index (κ2) is 8.24. The Morgan fingerprint density at radius 2 is 1.87 bits per heavy atom. The van der Waals surface area contributed by atoms with E-state index in [-0.39, 0.29) is 18.7 Å². The van der Waals surface area contributed by atoms with Gasteiger partial charge in [-0.2, -0.15) is 0 Å². The number of nitrogens with zero attached hydrogens (tertiary/aromatic N) is 1. The third kappa shape index (κ3) is 5.03. The molecule has 6 heteroatoms. The zero-order valence-corrected chi connectivity index (χ0v) is 12.5. The second-order valence-electron chi connectivity index (χ2n) is 4.99. The van der Waals surface area contributed by atoms with E-state index in [4.69, 9.17) is 5.11 Å². The lowest BCUT2D eigenvalue weighted by molar-refractivity contribution is 0.151. The maximum absolute atomic E-state index is 12.7. The van der Waals surface area contributed by atoms with Crippen molar-refractivity contribution in [3.63, 3.8) is 0 Å². The maximum Gasteiger partial charge on any atom is 0.322 e. The van der Waals surface area contributed by atoms with Gasteiger partial charge in [0.05, 0.1) is 6.61 Å². The standard InChI is InChI=1S/C17H18F2N2O2/c18-16(19)14-7-4-8-15(11-14)20-17(23)21(9-10-22)12-13-5-2-1-3-6-13/h1-8,11,16,22H,9-10,12H2,(H,20,23). The molecule has 0 aromatic heterocycles. The zero-order valence-electron chi connectivity index (χ0n) is 12.5. The summed E-state index contributed by atoms with van der Waals surface area (Å²) in [6.07, 6.45) is -2.59. The lowest BCUT2D eigenvalue weighted by Gasteiger charge is -2.22. The molecular formula is C17H18F2N2O2. The molecule has 4 nitrogen and oxygen atoms in total. The number of urea groups is 1. The van der Waals surface area contributed by atoms with E-state index in [1.54, 1.807) is 6.07 Å². The largest absolute Gasteiger partial charge is 0.395 e. The van der Waals surface area contributed by atoms with E-state index < -0.39 is 12.5 Å². The first-order chi connectivity index (χ1) is 11.1. The van der Waals surface area contributed by atoms with Gasteiger partial charge in [0, 0.05) is 24.3 Å². The molecule has 2 N–H and O–H groups in total. The van der Waals surface area contributed by atoms with E-state index in [1.165, 1.54) is 23.1 Å². The van der Waals surface area contributed by atoms with Gasteiger partial charge in [0.1, 0.15) is 0 Å². The summed E-state index contributed by atoms with van der Waals surface area (Å²) < 4.78 is 25.4. The SMILES string of the molecule is O=C(Nc1cccc(C(F)F)c1)N(CCO)Cc1ccccc1. The Hall–Kier alpha value is -2.47. The summed E-state index contributed by atoms with van der Waals surface area (Å²) in [6.45, 7) is 0.286. The number of anilines is 1. The highest BCUT2D eigenvalue weighted by atomic mass is 19.3. The molecule has 2 aromatic carbocycles. The van der Waals surface area contributed by atoms with Gasteiger partial charge in [-0.25, -0.2) is 13.6 Å². The summed E-state index contributed by atoms with van der Waals surface area (Å²) in [6, 6.07) is 14.4. The smallest absolute Gasteiger partial charge is 0.322 e. The average molecular weight is 320 g/mol. The van der Waals surface area contributed by atoms with E-state index in [0.717, 1.165) is 5.56 Å². The fourth-order valence-corrected chi connectivity index (χ4v) is 2.13. The summed E-state index contributed by atoms with van der Waals surface area (Å²) in [5, 5.41) is 11.7. The van der Waals surface area contributed by atoms with E-state index in [1.807, 2.05) is 30.3 Å². The quantitative estimate of drug-likeness (QED) is 0.853. The molecule has 0 radical (unpaired) electrons. The number of rotatable bonds is 6. The highest BCUT2D eigenvalue weighted by Crippen LogP contribution is 2.22. The van der Waals surface area contributed by atoms with Gasteiger partial charge in [0.2, 0.25) is 0 Å². The number of amides is 2.